The van der Waals surface area contributed by atoms with Gasteiger partial charge in [0.05, 0.1) is 0 Å². The lowest BCUT2D eigenvalue weighted by molar-refractivity contribution is 0.0929. The summed E-state index contributed by atoms with van der Waals surface area (Å²) in [5.41, 5.74) is 6.02. The third-order valence-corrected chi connectivity index (χ3v) is 3.08. The molecule has 1 aliphatic heterocycles. The molecule has 1 aromatic carbocycles. The summed E-state index contributed by atoms with van der Waals surface area (Å²) in [6, 6.07) is 6.68. The molecule has 0 atom stereocenters. The van der Waals surface area contributed by atoms with Crippen molar-refractivity contribution < 1.29 is 9.59 Å². The van der Waals surface area contributed by atoms with Crippen LogP contribution in [0.15, 0.2) is 24.3 Å². The number of hydrogen-bond donors (Lipinski definition) is 3. The molecule has 4 N–H and O–H groups in total. The van der Waals surface area contributed by atoms with Crippen molar-refractivity contribution in [3.05, 3.63) is 35.4 Å². The van der Waals surface area contributed by atoms with Gasteiger partial charge in [-0.1, -0.05) is 6.07 Å². The zero-order valence-electron chi connectivity index (χ0n) is 10.1. The summed E-state index contributed by atoms with van der Waals surface area (Å²) in [5, 5.41) is 6.21. The maximum absolute atomic E-state index is 12.0. The van der Waals surface area contributed by atoms with E-state index in [0.717, 1.165) is 25.9 Å². The van der Waals surface area contributed by atoms with E-state index in [1.807, 2.05) is 0 Å². The van der Waals surface area contributed by atoms with Gasteiger partial charge in [0, 0.05) is 17.2 Å². The molecule has 0 radical (unpaired) electrons. The molecule has 1 aromatic rings. The molecule has 18 heavy (non-hydrogen) atoms. The van der Waals surface area contributed by atoms with Gasteiger partial charge in [0.1, 0.15) is 0 Å². The predicted octanol–water partition coefficient (Wildman–Crippen LogP) is 0.267. The first-order valence-electron chi connectivity index (χ1n) is 6.08. The molecule has 1 aliphatic rings. The Bertz CT molecular complexity index is 453. The average Bonchev–Trinajstić information content (AvgIpc) is 2.40. The van der Waals surface area contributed by atoms with Crippen molar-refractivity contribution in [2.75, 3.05) is 13.1 Å². The third kappa shape index (κ3) is 3.07. The van der Waals surface area contributed by atoms with Crippen molar-refractivity contribution >= 4 is 11.8 Å². The third-order valence-electron chi connectivity index (χ3n) is 3.08. The summed E-state index contributed by atoms with van der Waals surface area (Å²) in [4.78, 5) is 23.1. The highest BCUT2D eigenvalue weighted by atomic mass is 16.2. The molecule has 1 saturated heterocycles. The van der Waals surface area contributed by atoms with Crippen LogP contribution in [0.3, 0.4) is 0 Å². The standard InChI is InChI=1S/C13H17N3O2/c14-12(17)9-2-1-3-10(8-9)13(18)16-11-4-6-15-7-5-11/h1-3,8,11,15H,4-7H2,(H2,14,17)(H,16,18). The molecule has 5 nitrogen and oxygen atoms in total. The summed E-state index contributed by atoms with van der Waals surface area (Å²) in [6.07, 6.45) is 1.86. The largest absolute Gasteiger partial charge is 0.366 e. The van der Waals surface area contributed by atoms with E-state index in [-0.39, 0.29) is 11.9 Å². The smallest absolute Gasteiger partial charge is 0.251 e. The molecule has 5 heteroatoms. The number of hydrogen-bond acceptors (Lipinski definition) is 3. The van der Waals surface area contributed by atoms with Gasteiger partial charge >= 0.3 is 0 Å². The molecule has 0 bridgehead atoms. The van der Waals surface area contributed by atoms with E-state index in [4.69, 9.17) is 5.73 Å². The van der Waals surface area contributed by atoms with Gasteiger partial charge in [-0.05, 0) is 44.1 Å². The van der Waals surface area contributed by atoms with Crippen LogP contribution < -0.4 is 16.4 Å². The second-order valence-corrected chi connectivity index (χ2v) is 4.44. The number of nitrogens with one attached hydrogen (secondary N) is 2. The number of amides is 2. The molecule has 96 valence electrons. The van der Waals surface area contributed by atoms with E-state index in [1.165, 1.54) is 6.07 Å². The fourth-order valence-corrected chi connectivity index (χ4v) is 2.05. The molecular formula is C13H17N3O2. The highest BCUT2D eigenvalue weighted by Crippen LogP contribution is 2.07. The van der Waals surface area contributed by atoms with E-state index >= 15 is 0 Å². The van der Waals surface area contributed by atoms with Crippen LogP contribution in [0.2, 0.25) is 0 Å². The topological polar surface area (TPSA) is 84.2 Å². The van der Waals surface area contributed by atoms with Crippen molar-refractivity contribution in [1.29, 1.82) is 0 Å². The molecule has 0 aromatic heterocycles. The molecule has 1 fully saturated rings. The fraction of sp³-hybridized carbons (Fsp3) is 0.385. The summed E-state index contributed by atoms with van der Waals surface area (Å²) in [5.74, 6) is -0.670. The highest BCUT2D eigenvalue weighted by molar-refractivity contribution is 5.99. The highest BCUT2D eigenvalue weighted by Gasteiger charge is 2.16. The van der Waals surface area contributed by atoms with Crippen LogP contribution in [0, 0.1) is 0 Å². The van der Waals surface area contributed by atoms with Crippen molar-refractivity contribution in [2.45, 2.75) is 18.9 Å². The monoisotopic (exact) mass is 247 g/mol. The average molecular weight is 247 g/mol. The Balaban J connectivity index is 2.03. The first-order chi connectivity index (χ1) is 8.66. The van der Waals surface area contributed by atoms with Gasteiger partial charge in [-0.2, -0.15) is 0 Å². The Morgan fingerprint density at radius 1 is 1.22 bits per heavy atom. The Morgan fingerprint density at radius 2 is 1.89 bits per heavy atom. The van der Waals surface area contributed by atoms with Crippen LogP contribution >= 0.6 is 0 Å². The number of nitrogens with two attached hydrogens (primary N) is 1. The van der Waals surface area contributed by atoms with E-state index < -0.39 is 5.91 Å². The zero-order valence-corrected chi connectivity index (χ0v) is 10.1. The van der Waals surface area contributed by atoms with Gasteiger partial charge in [-0.15, -0.1) is 0 Å². The predicted molar refractivity (Wildman–Crippen MR) is 68.3 cm³/mol. The van der Waals surface area contributed by atoms with E-state index in [1.54, 1.807) is 18.2 Å². The van der Waals surface area contributed by atoms with Crippen LogP contribution in [0.5, 0.6) is 0 Å². The second-order valence-electron chi connectivity index (χ2n) is 4.44. The maximum Gasteiger partial charge on any atom is 0.251 e. The van der Waals surface area contributed by atoms with Crippen LogP contribution in [0.4, 0.5) is 0 Å². The Morgan fingerprint density at radius 3 is 2.56 bits per heavy atom. The van der Waals surface area contributed by atoms with Crippen LogP contribution in [-0.2, 0) is 0 Å². The number of rotatable bonds is 3. The lowest BCUT2D eigenvalue weighted by Gasteiger charge is -2.23. The van der Waals surface area contributed by atoms with E-state index in [0.29, 0.717) is 11.1 Å². The Kier molecular flexibility index (Phi) is 3.94. The lowest BCUT2D eigenvalue weighted by atomic mass is 10.1. The van der Waals surface area contributed by atoms with Gasteiger partial charge in [0.15, 0.2) is 0 Å². The summed E-state index contributed by atoms with van der Waals surface area (Å²) < 4.78 is 0. The van der Waals surface area contributed by atoms with Crippen molar-refractivity contribution in [1.82, 2.24) is 10.6 Å². The van der Waals surface area contributed by atoms with Crippen LogP contribution in [0.25, 0.3) is 0 Å². The molecule has 0 spiro atoms. The molecule has 0 saturated carbocycles. The molecule has 1 heterocycles. The van der Waals surface area contributed by atoms with Gasteiger partial charge in [-0.3, -0.25) is 9.59 Å². The zero-order chi connectivity index (χ0) is 13.0. The lowest BCUT2D eigenvalue weighted by Crippen LogP contribution is -2.42. The molecule has 2 amide bonds. The van der Waals surface area contributed by atoms with Crippen molar-refractivity contribution in [3.8, 4) is 0 Å². The van der Waals surface area contributed by atoms with Crippen molar-refractivity contribution in [2.24, 2.45) is 5.73 Å². The maximum atomic E-state index is 12.0. The molecule has 0 unspecified atom stereocenters. The van der Waals surface area contributed by atoms with Crippen LogP contribution in [0.1, 0.15) is 33.6 Å². The number of carbonyl (C=O) groups excluding carboxylic acids is 2. The molecule has 2 rings (SSSR count). The van der Waals surface area contributed by atoms with E-state index in [9.17, 15) is 9.59 Å². The minimum atomic E-state index is -0.522. The minimum Gasteiger partial charge on any atom is -0.366 e. The summed E-state index contributed by atoms with van der Waals surface area (Å²) >= 11 is 0. The normalized spacial score (nSPS) is 16.2. The van der Waals surface area contributed by atoms with Crippen molar-refractivity contribution in [3.63, 3.8) is 0 Å². The number of primary amides is 1. The fourth-order valence-electron chi connectivity index (χ4n) is 2.05. The molecular weight excluding hydrogens is 230 g/mol. The first kappa shape index (κ1) is 12.6. The first-order valence-corrected chi connectivity index (χ1v) is 6.08. The number of piperidine rings is 1. The molecule has 0 aliphatic carbocycles. The van der Waals surface area contributed by atoms with Gasteiger partial charge in [0.25, 0.3) is 5.91 Å². The number of carbonyl (C=O) groups is 2. The van der Waals surface area contributed by atoms with Gasteiger partial charge < -0.3 is 16.4 Å². The summed E-state index contributed by atoms with van der Waals surface area (Å²) in [6.45, 7) is 1.85. The summed E-state index contributed by atoms with van der Waals surface area (Å²) in [7, 11) is 0. The quantitative estimate of drug-likeness (QED) is 0.716. The van der Waals surface area contributed by atoms with E-state index in [2.05, 4.69) is 10.6 Å². The Hall–Kier alpha value is -1.88. The Labute approximate surface area is 106 Å². The SMILES string of the molecule is NC(=O)c1cccc(C(=O)NC2CCNCC2)c1. The van der Waals surface area contributed by atoms with Crippen LogP contribution in [-0.4, -0.2) is 30.9 Å². The number of benzene rings is 1. The van der Waals surface area contributed by atoms with Gasteiger partial charge in [-0.25, -0.2) is 0 Å². The minimum absolute atomic E-state index is 0.148. The second kappa shape index (κ2) is 5.64. The van der Waals surface area contributed by atoms with Gasteiger partial charge in [0.2, 0.25) is 5.91 Å².